The first-order chi connectivity index (χ1) is 11.8. The van der Waals surface area contributed by atoms with E-state index in [0.29, 0.717) is 0 Å². The van der Waals surface area contributed by atoms with E-state index in [4.69, 9.17) is 4.74 Å². The Bertz CT molecular complexity index is 560. The van der Waals surface area contributed by atoms with Gasteiger partial charge in [0, 0.05) is 11.9 Å². The van der Waals surface area contributed by atoms with Crippen LogP contribution in [0.15, 0.2) is 42.6 Å². The number of ether oxygens (including phenoxy) is 1. The normalized spacial score (nSPS) is 10.8. The fourth-order valence-electron chi connectivity index (χ4n) is 2.70. The summed E-state index contributed by atoms with van der Waals surface area (Å²) in [5.41, 5.74) is 3.87. The van der Waals surface area contributed by atoms with Gasteiger partial charge in [0.2, 0.25) is 0 Å². The zero-order chi connectivity index (χ0) is 17.0. The topological polar surface area (TPSA) is 22.1 Å². The fraction of sp³-hybridized carbons (Fsp3) is 0.500. The van der Waals surface area contributed by atoms with Crippen molar-refractivity contribution in [2.75, 3.05) is 6.61 Å². The van der Waals surface area contributed by atoms with Crippen LogP contribution in [-0.4, -0.2) is 11.6 Å². The van der Waals surface area contributed by atoms with Crippen molar-refractivity contribution in [2.24, 2.45) is 0 Å². The molecule has 0 bridgehead atoms. The third-order valence-electron chi connectivity index (χ3n) is 4.31. The van der Waals surface area contributed by atoms with Gasteiger partial charge in [-0.05, 0) is 61.4 Å². The van der Waals surface area contributed by atoms with E-state index in [2.05, 4.69) is 55.2 Å². The van der Waals surface area contributed by atoms with Crippen LogP contribution in [0.3, 0.4) is 0 Å². The maximum atomic E-state index is 5.76. The minimum Gasteiger partial charge on any atom is -0.494 e. The number of aromatic nitrogens is 1. The summed E-state index contributed by atoms with van der Waals surface area (Å²) in [5.74, 6) is 0.980. The number of unbranched alkanes of at least 4 members (excludes halogenated alkanes) is 3. The quantitative estimate of drug-likeness (QED) is 0.489. The van der Waals surface area contributed by atoms with Crippen molar-refractivity contribution in [3.63, 3.8) is 0 Å². The predicted molar refractivity (Wildman–Crippen MR) is 102 cm³/mol. The van der Waals surface area contributed by atoms with Gasteiger partial charge in [0.15, 0.2) is 0 Å². The SMILES string of the molecule is CCCCCOc1ccc(CCc2ccc(CCCC)cn2)cc1. The zero-order valence-corrected chi connectivity index (χ0v) is 15.3. The summed E-state index contributed by atoms with van der Waals surface area (Å²) >= 11 is 0. The van der Waals surface area contributed by atoms with Crippen LogP contribution < -0.4 is 4.74 Å². The average molecular weight is 325 g/mol. The fourth-order valence-corrected chi connectivity index (χ4v) is 2.70. The van der Waals surface area contributed by atoms with E-state index in [9.17, 15) is 0 Å². The minimum absolute atomic E-state index is 0.821. The molecule has 2 rings (SSSR count). The molecule has 1 aromatic heterocycles. The van der Waals surface area contributed by atoms with Crippen molar-refractivity contribution >= 4 is 0 Å². The number of rotatable bonds is 11. The van der Waals surface area contributed by atoms with Gasteiger partial charge in [-0.1, -0.05) is 51.3 Å². The molecule has 2 aromatic rings. The summed E-state index contributed by atoms with van der Waals surface area (Å²) < 4.78 is 5.76. The Balaban J connectivity index is 1.75. The molecule has 0 aliphatic carbocycles. The number of pyridine rings is 1. The Morgan fingerprint density at radius 3 is 2.17 bits per heavy atom. The maximum absolute atomic E-state index is 5.76. The molecule has 2 nitrogen and oxygen atoms in total. The average Bonchev–Trinajstić information content (AvgIpc) is 2.64. The molecule has 24 heavy (non-hydrogen) atoms. The molecule has 130 valence electrons. The van der Waals surface area contributed by atoms with Gasteiger partial charge in [0.05, 0.1) is 6.61 Å². The van der Waals surface area contributed by atoms with Gasteiger partial charge in [-0.15, -0.1) is 0 Å². The molecule has 0 unspecified atom stereocenters. The van der Waals surface area contributed by atoms with Gasteiger partial charge in [-0.3, -0.25) is 4.98 Å². The lowest BCUT2D eigenvalue weighted by molar-refractivity contribution is 0.306. The van der Waals surface area contributed by atoms with Crippen molar-refractivity contribution in [1.82, 2.24) is 4.98 Å². The molecular weight excluding hydrogens is 294 g/mol. The van der Waals surface area contributed by atoms with Crippen LogP contribution in [0.25, 0.3) is 0 Å². The van der Waals surface area contributed by atoms with E-state index in [1.165, 1.54) is 42.5 Å². The second-order valence-electron chi connectivity index (χ2n) is 6.46. The molecule has 0 aliphatic heterocycles. The molecule has 1 aromatic carbocycles. The van der Waals surface area contributed by atoms with Crippen LogP contribution in [-0.2, 0) is 19.3 Å². The monoisotopic (exact) mass is 325 g/mol. The van der Waals surface area contributed by atoms with Crippen LogP contribution in [0.4, 0.5) is 0 Å². The Kier molecular flexibility index (Phi) is 8.37. The van der Waals surface area contributed by atoms with Gasteiger partial charge in [-0.25, -0.2) is 0 Å². The zero-order valence-electron chi connectivity index (χ0n) is 15.3. The van der Waals surface area contributed by atoms with Gasteiger partial charge >= 0.3 is 0 Å². The third-order valence-corrected chi connectivity index (χ3v) is 4.31. The third kappa shape index (κ3) is 6.74. The molecule has 0 saturated heterocycles. The van der Waals surface area contributed by atoms with E-state index in [1.54, 1.807) is 0 Å². The van der Waals surface area contributed by atoms with Gasteiger partial charge in [-0.2, -0.15) is 0 Å². The molecule has 0 N–H and O–H groups in total. The Morgan fingerprint density at radius 1 is 0.750 bits per heavy atom. The van der Waals surface area contributed by atoms with E-state index in [-0.39, 0.29) is 0 Å². The molecule has 0 spiro atoms. The summed E-state index contributed by atoms with van der Waals surface area (Å²) in [6.07, 6.45) is 11.3. The molecule has 1 heterocycles. The van der Waals surface area contributed by atoms with Crippen molar-refractivity contribution in [2.45, 2.75) is 65.2 Å². The van der Waals surface area contributed by atoms with Gasteiger partial charge in [0.25, 0.3) is 0 Å². The summed E-state index contributed by atoms with van der Waals surface area (Å²) in [6, 6.07) is 12.9. The predicted octanol–water partition coefficient (Wildman–Crippen LogP) is 5.78. The Morgan fingerprint density at radius 2 is 1.50 bits per heavy atom. The first-order valence-electron chi connectivity index (χ1n) is 9.47. The highest BCUT2D eigenvalue weighted by molar-refractivity contribution is 5.28. The lowest BCUT2D eigenvalue weighted by atomic mass is 10.1. The van der Waals surface area contributed by atoms with E-state index < -0.39 is 0 Å². The Hall–Kier alpha value is -1.83. The molecule has 0 radical (unpaired) electrons. The molecule has 0 amide bonds. The minimum atomic E-state index is 0.821. The largest absolute Gasteiger partial charge is 0.494 e. The lowest BCUT2D eigenvalue weighted by Crippen LogP contribution is -1.98. The highest BCUT2D eigenvalue weighted by Gasteiger charge is 2.00. The van der Waals surface area contributed by atoms with E-state index in [1.807, 2.05) is 6.20 Å². The van der Waals surface area contributed by atoms with Crippen molar-refractivity contribution in [3.8, 4) is 5.75 Å². The lowest BCUT2D eigenvalue weighted by Gasteiger charge is -2.07. The smallest absolute Gasteiger partial charge is 0.119 e. The van der Waals surface area contributed by atoms with E-state index >= 15 is 0 Å². The van der Waals surface area contributed by atoms with Crippen LogP contribution in [0.5, 0.6) is 5.75 Å². The molecule has 0 saturated carbocycles. The first-order valence-corrected chi connectivity index (χ1v) is 9.47. The van der Waals surface area contributed by atoms with Crippen LogP contribution in [0, 0.1) is 0 Å². The standard InChI is InChI=1S/C22H31NO/c1-3-5-7-17-24-22-15-11-19(12-16-22)9-13-21-14-10-20(18-23-21)8-6-4-2/h10-12,14-16,18H,3-9,13,17H2,1-2H3. The van der Waals surface area contributed by atoms with Crippen molar-refractivity contribution in [1.29, 1.82) is 0 Å². The molecule has 0 fully saturated rings. The van der Waals surface area contributed by atoms with Crippen LogP contribution in [0.2, 0.25) is 0 Å². The second-order valence-corrected chi connectivity index (χ2v) is 6.46. The Labute approximate surface area is 147 Å². The molecule has 0 atom stereocenters. The van der Waals surface area contributed by atoms with Crippen LogP contribution >= 0.6 is 0 Å². The van der Waals surface area contributed by atoms with Crippen molar-refractivity contribution in [3.05, 3.63) is 59.4 Å². The summed E-state index contributed by atoms with van der Waals surface area (Å²) in [5, 5.41) is 0. The number of hydrogen-bond donors (Lipinski definition) is 0. The number of benzene rings is 1. The van der Waals surface area contributed by atoms with Crippen molar-refractivity contribution < 1.29 is 4.74 Å². The second kappa shape index (κ2) is 10.9. The summed E-state index contributed by atoms with van der Waals surface area (Å²) in [6.45, 7) is 5.26. The number of aryl methyl sites for hydroxylation is 3. The molecule has 0 aliphatic rings. The first kappa shape index (κ1) is 18.5. The number of nitrogens with zero attached hydrogens (tertiary/aromatic N) is 1. The van der Waals surface area contributed by atoms with Gasteiger partial charge < -0.3 is 4.74 Å². The molecular formula is C22H31NO. The van der Waals surface area contributed by atoms with E-state index in [0.717, 1.165) is 38.0 Å². The summed E-state index contributed by atoms with van der Waals surface area (Å²) in [4.78, 5) is 4.60. The van der Waals surface area contributed by atoms with Crippen LogP contribution in [0.1, 0.15) is 62.8 Å². The highest BCUT2D eigenvalue weighted by atomic mass is 16.5. The summed E-state index contributed by atoms with van der Waals surface area (Å²) in [7, 11) is 0. The maximum Gasteiger partial charge on any atom is 0.119 e. The number of hydrogen-bond acceptors (Lipinski definition) is 2. The van der Waals surface area contributed by atoms with Gasteiger partial charge in [0.1, 0.15) is 5.75 Å². The highest BCUT2D eigenvalue weighted by Crippen LogP contribution is 2.15. The molecule has 2 heteroatoms.